The Morgan fingerprint density at radius 3 is 2.32 bits per heavy atom. The normalized spacial score (nSPS) is 13.9. The Labute approximate surface area is 113 Å². The van der Waals surface area contributed by atoms with Gasteiger partial charge in [0.2, 0.25) is 0 Å². The van der Waals surface area contributed by atoms with E-state index in [1.807, 2.05) is 55.5 Å². The van der Waals surface area contributed by atoms with E-state index in [0.717, 1.165) is 22.4 Å². The number of rotatable bonds is 4. The Bertz CT molecular complexity index is 540. The number of aliphatic hydroxyl groups is 1. The molecule has 0 bridgehead atoms. The summed E-state index contributed by atoms with van der Waals surface area (Å²) in [6.07, 6.45) is -0.730. The third-order valence-electron chi connectivity index (χ3n) is 3.29. The monoisotopic (exact) mass is 257 g/mol. The molecule has 3 heteroatoms. The van der Waals surface area contributed by atoms with Crippen molar-refractivity contribution in [2.75, 3.05) is 7.11 Å². The quantitative estimate of drug-likeness (QED) is 0.885. The maximum Gasteiger partial charge on any atom is 0.121 e. The summed E-state index contributed by atoms with van der Waals surface area (Å²) in [5.41, 5.74) is 8.82. The number of aryl methyl sites for hydroxylation is 1. The van der Waals surface area contributed by atoms with E-state index >= 15 is 0 Å². The Morgan fingerprint density at radius 1 is 1.05 bits per heavy atom. The van der Waals surface area contributed by atoms with Gasteiger partial charge in [-0.3, -0.25) is 0 Å². The van der Waals surface area contributed by atoms with E-state index in [-0.39, 0.29) is 0 Å². The summed E-state index contributed by atoms with van der Waals surface area (Å²) in [7, 11) is 1.63. The summed E-state index contributed by atoms with van der Waals surface area (Å²) in [6, 6.07) is 14.8. The van der Waals surface area contributed by atoms with Crippen LogP contribution in [0.4, 0.5) is 0 Å². The second-order valence-corrected chi connectivity index (χ2v) is 4.61. The molecule has 3 N–H and O–H groups in total. The molecule has 0 fully saturated rings. The molecular weight excluding hydrogens is 238 g/mol. The summed E-state index contributed by atoms with van der Waals surface area (Å²) in [4.78, 5) is 0. The molecule has 3 nitrogen and oxygen atoms in total. The van der Waals surface area contributed by atoms with Crippen LogP contribution in [-0.4, -0.2) is 12.2 Å². The van der Waals surface area contributed by atoms with E-state index in [4.69, 9.17) is 10.5 Å². The van der Waals surface area contributed by atoms with Crippen molar-refractivity contribution >= 4 is 0 Å². The van der Waals surface area contributed by atoms with Crippen molar-refractivity contribution < 1.29 is 9.84 Å². The molecule has 100 valence electrons. The van der Waals surface area contributed by atoms with Crippen LogP contribution in [0.2, 0.25) is 0 Å². The van der Waals surface area contributed by atoms with Gasteiger partial charge in [0.15, 0.2) is 0 Å². The van der Waals surface area contributed by atoms with Crippen molar-refractivity contribution in [3.63, 3.8) is 0 Å². The fourth-order valence-electron chi connectivity index (χ4n) is 2.15. The first-order valence-electron chi connectivity index (χ1n) is 6.26. The SMILES string of the molecule is COc1ccc(C(O)C(N)c2ccccc2)cc1C. The van der Waals surface area contributed by atoms with Gasteiger partial charge in [0.25, 0.3) is 0 Å². The van der Waals surface area contributed by atoms with Gasteiger partial charge in [0.1, 0.15) is 5.75 Å². The highest BCUT2D eigenvalue weighted by molar-refractivity contribution is 5.38. The number of benzene rings is 2. The molecule has 0 aromatic heterocycles. The molecule has 2 aromatic rings. The van der Waals surface area contributed by atoms with Crippen molar-refractivity contribution in [3.05, 3.63) is 65.2 Å². The largest absolute Gasteiger partial charge is 0.496 e. The third-order valence-corrected chi connectivity index (χ3v) is 3.29. The average molecular weight is 257 g/mol. The smallest absolute Gasteiger partial charge is 0.121 e. The predicted octanol–water partition coefficient (Wildman–Crippen LogP) is 2.74. The molecule has 0 aliphatic rings. The van der Waals surface area contributed by atoms with E-state index in [2.05, 4.69) is 0 Å². The zero-order chi connectivity index (χ0) is 13.8. The number of hydrogen-bond acceptors (Lipinski definition) is 3. The second kappa shape index (κ2) is 5.87. The van der Waals surface area contributed by atoms with Gasteiger partial charge in [-0.2, -0.15) is 0 Å². The zero-order valence-electron chi connectivity index (χ0n) is 11.2. The summed E-state index contributed by atoms with van der Waals surface area (Å²) in [5, 5.41) is 10.4. The number of methoxy groups -OCH3 is 1. The van der Waals surface area contributed by atoms with Crippen molar-refractivity contribution in [3.8, 4) is 5.75 Å². The van der Waals surface area contributed by atoms with E-state index in [9.17, 15) is 5.11 Å². The van der Waals surface area contributed by atoms with Crippen LogP contribution >= 0.6 is 0 Å². The van der Waals surface area contributed by atoms with Gasteiger partial charge in [0.05, 0.1) is 19.3 Å². The Hall–Kier alpha value is -1.84. The maximum atomic E-state index is 10.4. The number of nitrogens with two attached hydrogens (primary N) is 1. The summed E-state index contributed by atoms with van der Waals surface area (Å²) in [5.74, 6) is 0.809. The lowest BCUT2D eigenvalue weighted by molar-refractivity contribution is 0.147. The number of aliphatic hydroxyl groups excluding tert-OH is 1. The average Bonchev–Trinajstić information content (AvgIpc) is 2.46. The van der Waals surface area contributed by atoms with Gasteiger partial charge < -0.3 is 15.6 Å². The predicted molar refractivity (Wildman–Crippen MR) is 76.1 cm³/mol. The van der Waals surface area contributed by atoms with E-state index < -0.39 is 12.1 Å². The maximum absolute atomic E-state index is 10.4. The molecule has 0 saturated carbocycles. The summed E-state index contributed by atoms with van der Waals surface area (Å²) < 4.78 is 5.21. The van der Waals surface area contributed by atoms with Crippen LogP contribution in [0.15, 0.2) is 48.5 Å². The lowest BCUT2D eigenvalue weighted by Gasteiger charge is -2.20. The number of ether oxygens (including phenoxy) is 1. The zero-order valence-corrected chi connectivity index (χ0v) is 11.2. The topological polar surface area (TPSA) is 55.5 Å². The first-order chi connectivity index (χ1) is 9.13. The van der Waals surface area contributed by atoms with Crippen LogP contribution in [0.5, 0.6) is 5.75 Å². The molecule has 2 atom stereocenters. The van der Waals surface area contributed by atoms with E-state index in [1.165, 1.54) is 0 Å². The second-order valence-electron chi connectivity index (χ2n) is 4.61. The molecular formula is C16H19NO2. The minimum Gasteiger partial charge on any atom is -0.496 e. The van der Waals surface area contributed by atoms with Gasteiger partial charge in [-0.15, -0.1) is 0 Å². The highest BCUT2D eigenvalue weighted by atomic mass is 16.5. The van der Waals surface area contributed by atoms with Crippen LogP contribution in [0.25, 0.3) is 0 Å². The standard InChI is InChI=1S/C16H19NO2/c1-11-10-13(8-9-14(11)19-2)16(18)15(17)12-6-4-3-5-7-12/h3-10,15-16,18H,17H2,1-2H3. The Morgan fingerprint density at radius 2 is 1.74 bits per heavy atom. The molecule has 19 heavy (non-hydrogen) atoms. The van der Waals surface area contributed by atoms with E-state index in [1.54, 1.807) is 7.11 Å². The lowest BCUT2D eigenvalue weighted by Crippen LogP contribution is -2.19. The molecule has 0 aliphatic heterocycles. The van der Waals surface area contributed by atoms with Crippen molar-refractivity contribution in [2.45, 2.75) is 19.1 Å². The minimum atomic E-state index is -0.730. The van der Waals surface area contributed by atoms with Crippen molar-refractivity contribution in [1.82, 2.24) is 0 Å². The molecule has 0 aliphatic carbocycles. The van der Waals surface area contributed by atoms with Crippen LogP contribution in [-0.2, 0) is 0 Å². The molecule has 2 aromatic carbocycles. The first kappa shape index (κ1) is 13.6. The first-order valence-corrected chi connectivity index (χ1v) is 6.26. The number of hydrogen-bond donors (Lipinski definition) is 2. The molecule has 0 spiro atoms. The minimum absolute atomic E-state index is 0.436. The molecule has 0 heterocycles. The van der Waals surface area contributed by atoms with E-state index in [0.29, 0.717) is 0 Å². The van der Waals surface area contributed by atoms with Crippen LogP contribution < -0.4 is 10.5 Å². The lowest BCUT2D eigenvalue weighted by atomic mass is 9.95. The van der Waals surface area contributed by atoms with Gasteiger partial charge in [-0.25, -0.2) is 0 Å². The highest BCUT2D eigenvalue weighted by Crippen LogP contribution is 2.29. The van der Waals surface area contributed by atoms with Gasteiger partial charge in [-0.05, 0) is 35.7 Å². The fraction of sp³-hybridized carbons (Fsp3) is 0.250. The van der Waals surface area contributed by atoms with Crippen LogP contribution in [0.3, 0.4) is 0 Å². The molecule has 0 saturated heterocycles. The third kappa shape index (κ3) is 2.95. The van der Waals surface area contributed by atoms with Crippen molar-refractivity contribution in [1.29, 1.82) is 0 Å². The molecule has 2 unspecified atom stereocenters. The Balaban J connectivity index is 2.24. The van der Waals surface area contributed by atoms with Gasteiger partial charge in [-0.1, -0.05) is 36.4 Å². The molecule has 0 radical (unpaired) electrons. The van der Waals surface area contributed by atoms with Crippen molar-refractivity contribution in [2.24, 2.45) is 5.73 Å². The molecule has 2 rings (SSSR count). The highest BCUT2D eigenvalue weighted by Gasteiger charge is 2.19. The fourth-order valence-corrected chi connectivity index (χ4v) is 2.15. The van der Waals surface area contributed by atoms with Crippen LogP contribution in [0.1, 0.15) is 28.8 Å². The van der Waals surface area contributed by atoms with Crippen LogP contribution in [0, 0.1) is 6.92 Å². The van der Waals surface area contributed by atoms with Gasteiger partial charge in [0, 0.05) is 0 Å². The summed E-state index contributed by atoms with van der Waals surface area (Å²) in [6.45, 7) is 1.95. The summed E-state index contributed by atoms with van der Waals surface area (Å²) >= 11 is 0. The van der Waals surface area contributed by atoms with Gasteiger partial charge >= 0.3 is 0 Å². The molecule has 0 amide bonds. The Kier molecular flexibility index (Phi) is 4.20.